The smallest absolute Gasteiger partial charge is 0.142 e. The molecule has 0 radical (unpaired) electrons. The molecule has 0 amide bonds. The van der Waals surface area contributed by atoms with Crippen molar-refractivity contribution in [2.24, 2.45) is 10.1 Å². The minimum absolute atomic E-state index is 0.474. The third-order valence-electron chi connectivity index (χ3n) is 4.10. The molecule has 0 unspecified atom stereocenters. The van der Waals surface area contributed by atoms with Crippen molar-refractivity contribution in [3.63, 3.8) is 0 Å². The number of benzene rings is 2. The van der Waals surface area contributed by atoms with E-state index in [1.54, 1.807) is 0 Å². The molecule has 0 saturated heterocycles. The summed E-state index contributed by atoms with van der Waals surface area (Å²) in [5.41, 5.74) is 6.32. The molecule has 0 heterocycles. The fraction of sp³-hybridized carbons (Fsp3) is 0.333. The molecule has 2 rings (SSSR count). The largest absolute Gasteiger partial charge is 0.391 e. The third-order valence-corrected chi connectivity index (χ3v) is 4.10. The normalized spacial score (nSPS) is 11.8. The van der Waals surface area contributed by atoms with Gasteiger partial charge in [-0.15, -0.1) is 0 Å². The van der Waals surface area contributed by atoms with Gasteiger partial charge in [-0.05, 0) is 56.5 Å². The van der Waals surface area contributed by atoms with Crippen molar-refractivity contribution in [1.82, 2.24) is 4.90 Å². The van der Waals surface area contributed by atoms with Crippen molar-refractivity contribution in [2.45, 2.75) is 34.3 Å². The highest BCUT2D eigenvalue weighted by molar-refractivity contribution is 6.00. The quantitative estimate of drug-likeness (QED) is 0.411. The number of rotatable bonds is 7. The summed E-state index contributed by atoms with van der Waals surface area (Å²) < 4.78 is 0. The molecule has 0 aliphatic heterocycles. The molecule has 132 valence electrons. The van der Waals surface area contributed by atoms with Gasteiger partial charge in [-0.25, -0.2) is 4.99 Å². The van der Waals surface area contributed by atoms with E-state index in [9.17, 15) is 0 Å². The first-order chi connectivity index (χ1) is 12.0. The van der Waals surface area contributed by atoms with Crippen molar-refractivity contribution in [3.8, 4) is 0 Å². The van der Waals surface area contributed by atoms with Crippen LogP contribution in [0.4, 0.5) is 5.69 Å². The Bertz CT molecular complexity index is 751. The van der Waals surface area contributed by atoms with Crippen LogP contribution in [0, 0.1) is 13.8 Å². The molecule has 2 aromatic carbocycles. The summed E-state index contributed by atoms with van der Waals surface area (Å²) in [5, 5.41) is 4.28. The maximum absolute atomic E-state index is 5.51. The van der Waals surface area contributed by atoms with Crippen LogP contribution in [0.3, 0.4) is 0 Å². The van der Waals surface area contributed by atoms with Gasteiger partial charge in [0.05, 0.1) is 17.7 Å². The minimum atomic E-state index is 0.474. The third kappa shape index (κ3) is 5.45. The molecule has 0 N–H and O–H groups in total. The topological polar surface area (TPSA) is 37.2 Å². The first kappa shape index (κ1) is 18.7. The molecule has 2 aromatic rings. The average Bonchev–Trinajstić information content (AvgIpc) is 2.62. The van der Waals surface area contributed by atoms with E-state index >= 15 is 0 Å². The highest BCUT2D eigenvalue weighted by Gasteiger charge is 2.07. The van der Waals surface area contributed by atoms with Crippen LogP contribution in [0.2, 0.25) is 0 Å². The zero-order valence-corrected chi connectivity index (χ0v) is 15.8. The molecule has 4 nitrogen and oxygen atoms in total. The van der Waals surface area contributed by atoms with E-state index < -0.39 is 0 Å². The highest BCUT2D eigenvalue weighted by atomic mass is 16.6. The Hall–Kier alpha value is -2.62. The molecule has 0 fully saturated rings. The molecule has 0 aliphatic rings. The van der Waals surface area contributed by atoms with Gasteiger partial charge in [-0.2, -0.15) is 0 Å². The zero-order chi connectivity index (χ0) is 18.2. The fourth-order valence-corrected chi connectivity index (χ4v) is 2.40. The summed E-state index contributed by atoms with van der Waals surface area (Å²) >= 11 is 0. The van der Waals surface area contributed by atoms with Gasteiger partial charge in [0.2, 0.25) is 0 Å². The Kier molecular flexibility index (Phi) is 6.75. The number of aryl methyl sites for hydroxylation is 2. The molecule has 0 atom stereocenters. The second kappa shape index (κ2) is 9.02. The number of hydrogen-bond donors (Lipinski definition) is 0. The van der Waals surface area contributed by atoms with E-state index in [4.69, 9.17) is 4.84 Å². The maximum Gasteiger partial charge on any atom is 0.142 e. The number of aliphatic imine (C=N–C) groups is 1. The van der Waals surface area contributed by atoms with Gasteiger partial charge in [-0.3, -0.25) is 0 Å². The van der Waals surface area contributed by atoms with E-state index in [1.165, 1.54) is 0 Å². The molecule has 0 bridgehead atoms. The van der Waals surface area contributed by atoms with Crippen molar-refractivity contribution in [3.05, 3.63) is 64.7 Å². The Morgan fingerprint density at radius 1 is 1.12 bits per heavy atom. The van der Waals surface area contributed by atoms with Gasteiger partial charge in [0.15, 0.2) is 0 Å². The van der Waals surface area contributed by atoms with Gasteiger partial charge in [-0.1, -0.05) is 35.5 Å². The monoisotopic (exact) mass is 337 g/mol. The number of oxime groups is 1. The Morgan fingerprint density at radius 3 is 2.52 bits per heavy atom. The molecule has 0 aromatic heterocycles. The standard InChI is InChI=1S/C21H27N3O/c1-6-24(5)15-22-21-13-16(2)20(12-17(21)3)18(4)23-25-14-19-10-8-7-9-11-19/h7-13,15H,6,14H2,1-5H3/b22-15-,23-18+. The maximum atomic E-state index is 5.51. The van der Waals surface area contributed by atoms with Gasteiger partial charge < -0.3 is 9.74 Å². The Morgan fingerprint density at radius 2 is 1.84 bits per heavy atom. The van der Waals surface area contributed by atoms with Crippen LogP contribution < -0.4 is 0 Å². The zero-order valence-electron chi connectivity index (χ0n) is 15.8. The van der Waals surface area contributed by atoms with E-state index in [1.807, 2.05) is 55.5 Å². The molecule has 0 aliphatic carbocycles. The van der Waals surface area contributed by atoms with Gasteiger partial charge in [0, 0.05) is 19.2 Å². The first-order valence-electron chi connectivity index (χ1n) is 8.57. The summed E-state index contributed by atoms with van der Waals surface area (Å²) in [7, 11) is 2.01. The fourth-order valence-electron chi connectivity index (χ4n) is 2.40. The highest BCUT2D eigenvalue weighted by Crippen LogP contribution is 2.24. The lowest BCUT2D eigenvalue weighted by atomic mass is 10.0. The van der Waals surface area contributed by atoms with Crippen LogP contribution >= 0.6 is 0 Å². The molecular weight excluding hydrogens is 310 g/mol. The molecule has 0 saturated carbocycles. The van der Waals surface area contributed by atoms with Crippen molar-refractivity contribution in [2.75, 3.05) is 13.6 Å². The summed E-state index contributed by atoms with van der Waals surface area (Å²) in [6, 6.07) is 14.3. The van der Waals surface area contributed by atoms with Crippen LogP contribution in [0.15, 0.2) is 52.6 Å². The Balaban J connectivity index is 2.11. The SMILES string of the molecule is CCN(C)/C=N\c1cc(C)c(/C(C)=N/OCc2ccccc2)cc1C. The average molecular weight is 337 g/mol. The minimum Gasteiger partial charge on any atom is -0.391 e. The van der Waals surface area contributed by atoms with Crippen molar-refractivity contribution >= 4 is 17.7 Å². The van der Waals surface area contributed by atoms with Crippen LogP contribution in [-0.2, 0) is 11.4 Å². The summed E-state index contributed by atoms with van der Waals surface area (Å²) in [4.78, 5) is 12.1. The van der Waals surface area contributed by atoms with Crippen LogP contribution in [0.1, 0.15) is 36.1 Å². The molecule has 0 spiro atoms. The van der Waals surface area contributed by atoms with Crippen molar-refractivity contribution in [1.29, 1.82) is 0 Å². The molecule has 4 heteroatoms. The Labute approximate surface area is 150 Å². The summed E-state index contributed by atoms with van der Waals surface area (Å²) in [5.74, 6) is 0. The lowest BCUT2D eigenvalue weighted by Crippen LogP contribution is -2.14. The lowest BCUT2D eigenvalue weighted by molar-refractivity contribution is 0.130. The molecular formula is C21H27N3O. The van der Waals surface area contributed by atoms with Gasteiger partial charge >= 0.3 is 0 Å². The number of hydrogen-bond acceptors (Lipinski definition) is 3. The van der Waals surface area contributed by atoms with E-state index in [-0.39, 0.29) is 0 Å². The van der Waals surface area contributed by atoms with E-state index in [0.717, 1.165) is 40.2 Å². The van der Waals surface area contributed by atoms with E-state index in [2.05, 4.69) is 43.1 Å². The van der Waals surface area contributed by atoms with E-state index in [0.29, 0.717) is 6.61 Å². The number of nitrogens with zero attached hydrogens (tertiary/aromatic N) is 3. The second-order valence-corrected chi connectivity index (χ2v) is 6.21. The summed E-state index contributed by atoms with van der Waals surface area (Å²) in [6.07, 6.45) is 1.87. The van der Waals surface area contributed by atoms with Gasteiger partial charge in [0.25, 0.3) is 0 Å². The lowest BCUT2D eigenvalue weighted by Gasteiger charge is -2.12. The second-order valence-electron chi connectivity index (χ2n) is 6.21. The predicted molar refractivity (Wildman–Crippen MR) is 106 cm³/mol. The molecule has 25 heavy (non-hydrogen) atoms. The first-order valence-corrected chi connectivity index (χ1v) is 8.57. The van der Waals surface area contributed by atoms with Gasteiger partial charge in [0.1, 0.15) is 6.61 Å². The summed E-state index contributed by atoms with van der Waals surface area (Å²) in [6.45, 7) is 9.63. The van der Waals surface area contributed by atoms with Crippen LogP contribution in [0.5, 0.6) is 0 Å². The van der Waals surface area contributed by atoms with Crippen molar-refractivity contribution < 1.29 is 4.84 Å². The van der Waals surface area contributed by atoms with Crippen LogP contribution in [-0.4, -0.2) is 30.5 Å². The van der Waals surface area contributed by atoms with Crippen LogP contribution in [0.25, 0.3) is 0 Å². The predicted octanol–water partition coefficient (Wildman–Crippen LogP) is 4.86.